The minimum Gasteiger partial charge on any atom is -0.448 e. The third-order valence-electron chi connectivity index (χ3n) is 4.58. The lowest BCUT2D eigenvalue weighted by atomic mass is 9.94. The highest BCUT2D eigenvalue weighted by Crippen LogP contribution is 2.46. The standard InChI is InChI=1S/C19H17BrFNO3/c20-15-6-4-12(21)10-14(15)18(23)22-13-5-7-16-17(11-13)25-19(24-16)8-2-1-3-9-19/h4-7,10-11H,1-3,8-9H2,(H,22,23). The number of amides is 1. The summed E-state index contributed by atoms with van der Waals surface area (Å²) < 4.78 is 26.0. The third-order valence-corrected chi connectivity index (χ3v) is 5.27. The monoisotopic (exact) mass is 405 g/mol. The molecule has 2 aromatic rings. The van der Waals surface area contributed by atoms with Gasteiger partial charge in [0, 0.05) is 29.1 Å². The average molecular weight is 406 g/mol. The van der Waals surface area contributed by atoms with E-state index >= 15 is 0 Å². The quantitative estimate of drug-likeness (QED) is 0.739. The lowest BCUT2D eigenvalue weighted by Crippen LogP contribution is -2.40. The van der Waals surface area contributed by atoms with E-state index in [1.807, 2.05) is 0 Å². The molecule has 2 aromatic carbocycles. The van der Waals surface area contributed by atoms with Crippen molar-refractivity contribution in [3.05, 3.63) is 52.3 Å². The molecule has 1 N–H and O–H groups in total. The highest BCUT2D eigenvalue weighted by Gasteiger charge is 2.42. The zero-order valence-electron chi connectivity index (χ0n) is 13.5. The van der Waals surface area contributed by atoms with Crippen LogP contribution in [0.5, 0.6) is 11.5 Å². The first kappa shape index (κ1) is 16.4. The lowest BCUT2D eigenvalue weighted by molar-refractivity contribution is -0.105. The van der Waals surface area contributed by atoms with Crippen LogP contribution < -0.4 is 14.8 Å². The number of hydrogen-bond donors (Lipinski definition) is 1. The molecule has 130 valence electrons. The Morgan fingerprint density at radius 3 is 2.60 bits per heavy atom. The number of hydrogen-bond acceptors (Lipinski definition) is 3. The first-order valence-electron chi connectivity index (χ1n) is 8.33. The number of ether oxygens (including phenoxy) is 2. The summed E-state index contributed by atoms with van der Waals surface area (Å²) in [5, 5.41) is 2.78. The Bertz CT molecular complexity index is 833. The molecule has 0 atom stereocenters. The van der Waals surface area contributed by atoms with Crippen LogP contribution in [0.25, 0.3) is 0 Å². The number of anilines is 1. The minimum atomic E-state index is -0.547. The van der Waals surface area contributed by atoms with Gasteiger partial charge in [-0.25, -0.2) is 4.39 Å². The second-order valence-electron chi connectivity index (χ2n) is 6.42. The maximum atomic E-state index is 13.4. The van der Waals surface area contributed by atoms with Crippen LogP contribution >= 0.6 is 15.9 Å². The van der Waals surface area contributed by atoms with E-state index in [4.69, 9.17) is 9.47 Å². The molecule has 0 unspecified atom stereocenters. The third kappa shape index (κ3) is 3.23. The number of halogens is 2. The molecular weight excluding hydrogens is 389 g/mol. The Hall–Kier alpha value is -2.08. The predicted octanol–water partition coefficient (Wildman–Crippen LogP) is 5.27. The van der Waals surface area contributed by atoms with E-state index < -0.39 is 17.5 Å². The summed E-state index contributed by atoms with van der Waals surface area (Å²) in [5.41, 5.74) is 0.817. The SMILES string of the molecule is O=C(Nc1ccc2c(c1)OC1(CCCCC1)O2)c1cc(F)ccc1Br. The molecule has 0 aromatic heterocycles. The molecule has 1 saturated carbocycles. The summed E-state index contributed by atoms with van der Waals surface area (Å²) in [4.78, 5) is 12.4. The molecule has 4 nitrogen and oxygen atoms in total. The Balaban J connectivity index is 1.53. The molecule has 2 aliphatic rings. The van der Waals surface area contributed by atoms with E-state index in [-0.39, 0.29) is 5.56 Å². The van der Waals surface area contributed by atoms with Crippen LogP contribution in [0.3, 0.4) is 0 Å². The molecule has 1 amide bonds. The van der Waals surface area contributed by atoms with Gasteiger partial charge >= 0.3 is 0 Å². The number of rotatable bonds is 2. The zero-order chi connectivity index (χ0) is 17.4. The fraction of sp³-hybridized carbons (Fsp3) is 0.316. The van der Waals surface area contributed by atoms with Gasteiger partial charge < -0.3 is 14.8 Å². The molecule has 0 bridgehead atoms. The first-order valence-corrected chi connectivity index (χ1v) is 9.12. The van der Waals surface area contributed by atoms with Crippen molar-refractivity contribution in [2.24, 2.45) is 0 Å². The predicted molar refractivity (Wildman–Crippen MR) is 95.6 cm³/mol. The number of carbonyl (C=O) groups is 1. The topological polar surface area (TPSA) is 47.6 Å². The van der Waals surface area contributed by atoms with E-state index in [0.717, 1.165) is 25.7 Å². The van der Waals surface area contributed by atoms with Crippen LogP contribution in [0.2, 0.25) is 0 Å². The van der Waals surface area contributed by atoms with Crippen molar-refractivity contribution in [2.45, 2.75) is 37.9 Å². The van der Waals surface area contributed by atoms with Crippen molar-refractivity contribution >= 4 is 27.5 Å². The van der Waals surface area contributed by atoms with Crippen molar-refractivity contribution in [3.63, 3.8) is 0 Å². The van der Waals surface area contributed by atoms with Gasteiger partial charge in [0.25, 0.3) is 11.7 Å². The lowest BCUT2D eigenvalue weighted by Gasteiger charge is -2.31. The van der Waals surface area contributed by atoms with E-state index in [2.05, 4.69) is 21.2 Å². The first-order chi connectivity index (χ1) is 12.0. The highest BCUT2D eigenvalue weighted by atomic mass is 79.9. The number of nitrogens with one attached hydrogen (secondary N) is 1. The highest BCUT2D eigenvalue weighted by molar-refractivity contribution is 9.10. The van der Waals surface area contributed by atoms with Gasteiger partial charge in [-0.2, -0.15) is 0 Å². The van der Waals surface area contributed by atoms with Crippen LogP contribution in [0.1, 0.15) is 42.5 Å². The van der Waals surface area contributed by atoms with Gasteiger partial charge in [-0.3, -0.25) is 4.79 Å². The Morgan fingerprint density at radius 2 is 1.80 bits per heavy atom. The Kier molecular flexibility index (Phi) is 4.15. The maximum absolute atomic E-state index is 13.4. The summed E-state index contributed by atoms with van der Waals surface area (Å²) in [5.74, 6) is -0.0600. The molecular formula is C19H17BrFNO3. The zero-order valence-corrected chi connectivity index (χ0v) is 15.1. The summed E-state index contributed by atoms with van der Waals surface area (Å²) in [7, 11) is 0. The minimum absolute atomic E-state index is 0.237. The molecule has 4 rings (SSSR count). The van der Waals surface area contributed by atoms with Crippen LogP contribution in [0.15, 0.2) is 40.9 Å². The molecule has 0 radical (unpaired) electrons. The fourth-order valence-electron chi connectivity index (χ4n) is 3.34. The van der Waals surface area contributed by atoms with Crippen molar-refractivity contribution in [2.75, 3.05) is 5.32 Å². The van der Waals surface area contributed by atoms with Gasteiger partial charge in [-0.05, 0) is 59.1 Å². The molecule has 25 heavy (non-hydrogen) atoms. The van der Waals surface area contributed by atoms with Gasteiger partial charge in [-0.15, -0.1) is 0 Å². The van der Waals surface area contributed by atoms with E-state index in [0.29, 0.717) is 21.7 Å². The van der Waals surface area contributed by atoms with Crippen molar-refractivity contribution in [1.82, 2.24) is 0 Å². The Morgan fingerprint density at radius 1 is 1.04 bits per heavy atom. The van der Waals surface area contributed by atoms with Gasteiger partial charge in [0.1, 0.15) is 5.82 Å². The normalized spacial score (nSPS) is 17.5. The van der Waals surface area contributed by atoms with Crippen LogP contribution in [-0.4, -0.2) is 11.7 Å². The van der Waals surface area contributed by atoms with E-state index in [1.54, 1.807) is 18.2 Å². The molecule has 1 heterocycles. The largest absolute Gasteiger partial charge is 0.448 e. The number of benzene rings is 2. The second-order valence-corrected chi connectivity index (χ2v) is 7.27. The number of fused-ring (bicyclic) bond motifs is 1. The molecule has 1 fully saturated rings. The summed E-state index contributed by atoms with van der Waals surface area (Å²) in [6.07, 6.45) is 5.13. The molecule has 1 aliphatic heterocycles. The van der Waals surface area contributed by atoms with Gasteiger partial charge in [0.15, 0.2) is 11.5 Å². The molecule has 6 heteroatoms. The molecule has 1 spiro atoms. The van der Waals surface area contributed by atoms with E-state index in [1.165, 1.54) is 24.6 Å². The van der Waals surface area contributed by atoms with E-state index in [9.17, 15) is 9.18 Å². The average Bonchev–Trinajstić information content (AvgIpc) is 2.94. The van der Waals surface area contributed by atoms with Gasteiger partial charge in [0.2, 0.25) is 0 Å². The smallest absolute Gasteiger partial charge is 0.256 e. The summed E-state index contributed by atoms with van der Waals surface area (Å²) >= 11 is 3.27. The van der Waals surface area contributed by atoms with Crippen molar-refractivity contribution in [3.8, 4) is 11.5 Å². The van der Waals surface area contributed by atoms with Gasteiger partial charge in [0.05, 0.1) is 5.56 Å². The van der Waals surface area contributed by atoms with Gasteiger partial charge in [-0.1, -0.05) is 6.42 Å². The summed E-state index contributed by atoms with van der Waals surface area (Å²) in [6, 6.07) is 9.32. The molecule has 0 saturated heterocycles. The fourth-order valence-corrected chi connectivity index (χ4v) is 3.76. The Labute approximate surface area is 153 Å². The van der Waals surface area contributed by atoms with Crippen molar-refractivity contribution < 1.29 is 18.7 Å². The van der Waals surface area contributed by atoms with Crippen molar-refractivity contribution in [1.29, 1.82) is 0 Å². The van der Waals surface area contributed by atoms with Crippen LogP contribution in [-0.2, 0) is 0 Å². The number of carbonyl (C=O) groups excluding carboxylic acids is 1. The maximum Gasteiger partial charge on any atom is 0.256 e. The molecule has 1 aliphatic carbocycles. The summed E-state index contributed by atoms with van der Waals surface area (Å²) in [6.45, 7) is 0. The van der Waals surface area contributed by atoms with Crippen LogP contribution in [0.4, 0.5) is 10.1 Å². The second kappa shape index (κ2) is 6.33. The van der Waals surface area contributed by atoms with Crippen LogP contribution in [0, 0.1) is 5.82 Å².